The molecule has 28 heavy (non-hydrogen) atoms. The molecule has 142 valence electrons. The van der Waals surface area contributed by atoms with Gasteiger partial charge in [-0.25, -0.2) is 4.98 Å². The van der Waals surface area contributed by atoms with E-state index >= 15 is 0 Å². The van der Waals surface area contributed by atoms with Crippen LogP contribution in [0.3, 0.4) is 0 Å². The lowest BCUT2D eigenvalue weighted by atomic mass is 9.93. The maximum atomic E-state index is 9.93. The Labute approximate surface area is 162 Å². The van der Waals surface area contributed by atoms with Gasteiger partial charge in [0.1, 0.15) is 5.65 Å². The molecule has 2 atom stereocenters. The number of H-pyrrole nitrogens is 1. The van der Waals surface area contributed by atoms with Crippen LogP contribution in [0.5, 0.6) is 0 Å². The number of aromatic nitrogens is 5. The molecule has 3 N–H and O–H groups in total. The quantitative estimate of drug-likeness (QED) is 0.509. The van der Waals surface area contributed by atoms with Gasteiger partial charge in [0.05, 0.1) is 35.6 Å². The van der Waals surface area contributed by atoms with Gasteiger partial charge in [0.25, 0.3) is 0 Å². The molecule has 1 fully saturated rings. The summed E-state index contributed by atoms with van der Waals surface area (Å²) in [5.74, 6) is 0. The third-order valence-electron chi connectivity index (χ3n) is 5.37. The van der Waals surface area contributed by atoms with E-state index in [1.165, 1.54) is 0 Å². The molecule has 4 aromatic heterocycles. The highest BCUT2D eigenvalue weighted by Gasteiger charge is 2.20. The van der Waals surface area contributed by atoms with Gasteiger partial charge < -0.3 is 10.4 Å². The van der Waals surface area contributed by atoms with E-state index in [4.69, 9.17) is 0 Å². The van der Waals surface area contributed by atoms with Crippen LogP contribution in [0.2, 0.25) is 0 Å². The number of aromatic amines is 1. The molecule has 0 bridgehead atoms. The highest BCUT2D eigenvalue weighted by atomic mass is 16.3. The number of aliphatic hydroxyl groups excluding tert-OH is 1. The number of anilines is 1. The monoisotopic (exact) mass is 374 g/mol. The Morgan fingerprint density at radius 3 is 2.93 bits per heavy atom. The first-order chi connectivity index (χ1) is 13.8. The molecule has 4 heterocycles. The van der Waals surface area contributed by atoms with E-state index in [1.807, 2.05) is 36.8 Å². The maximum Gasteiger partial charge on any atom is 0.137 e. The maximum absolute atomic E-state index is 9.93. The zero-order chi connectivity index (χ0) is 18.9. The summed E-state index contributed by atoms with van der Waals surface area (Å²) in [4.78, 5) is 8.99. The van der Waals surface area contributed by atoms with Crippen LogP contribution < -0.4 is 5.32 Å². The third kappa shape index (κ3) is 3.25. The van der Waals surface area contributed by atoms with E-state index in [2.05, 4.69) is 42.1 Å². The molecule has 1 saturated carbocycles. The van der Waals surface area contributed by atoms with E-state index in [-0.39, 0.29) is 6.10 Å². The fraction of sp³-hybridized carbons (Fsp3) is 0.286. The average molecular weight is 374 g/mol. The summed E-state index contributed by atoms with van der Waals surface area (Å²) in [5.41, 5.74) is 5.81. The summed E-state index contributed by atoms with van der Waals surface area (Å²) in [5, 5.41) is 20.3. The van der Waals surface area contributed by atoms with Crippen LogP contribution >= 0.6 is 0 Å². The lowest BCUT2D eigenvalue weighted by molar-refractivity contribution is 0.124. The SMILES string of the molecule is OC1CCCC(Nc2ccc3ncc(-c4ccnc(-c5cn[nH]c5)c4)n3c2)C1. The number of hydrogen-bond donors (Lipinski definition) is 3. The number of imidazole rings is 1. The van der Waals surface area contributed by atoms with Gasteiger partial charge in [-0.15, -0.1) is 0 Å². The molecule has 5 rings (SSSR count). The topological polar surface area (TPSA) is 91.1 Å². The van der Waals surface area contributed by atoms with Gasteiger partial charge in [-0.2, -0.15) is 5.10 Å². The van der Waals surface area contributed by atoms with Crippen molar-refractivity contribution in [3.63, 3.8) is 0 Å². The number of nitrogens with zero attached hydrogens (tertiary/aromatic N) is 4. The lowest BCUT2D eigenvalue weighted by Crippen LogP contribution is -2.29. The smallest absolute Gasteiger partial charge is 0.137 e. The molecule has 1 aliphatic carbocycles. The Kier molecular flexibility index (Phi) is 4.29. The van der Waals surface area contributed by atoms with Gasteiger partial charge in [0.2, 0.25) is 0 Å². The standard InChI is InChI=1S/C21H22N6O/c28-18-3-1-2-16(9-18)26-17-4-5-21-23-12-20(27(21)13-17)14-6-7-22-19(8-14)15-10-24-25-11-15/h4-8,10-13,16,18,26,28H,1-3,9H2,(H,24,25). The van der Waals surface area contributed by atoms with E-state index < -0.39 is 0 Å². The number of rotatable bonds is 4. The molecule has 0 aliphatic heterocycles. The Bertz CT molecular complexity index is 1090. The van der Waals surface area contributed by atoms with Crippen LogP contribution in [-0.2, 0) is 0 Å². The molecule has 4 aromatic rings. The first-order valence-electron chi connectivity index (χ1n) is 9.63. The minimum absolute atomic E-state index is 0.197. The zero-order valence-electron chi connectivity index (χ0n) is 15.4. The molecular formula is C21H22N6O. The van der Waals surface area contributed by atoms with Crippen molar-refractivity contribution in [3.8, 4) is 22.5 Å². The van der Waals surface area contributed by atoms with Crippen molar-refractivity contribution < 1.29 is 5.11 Å². The fourth-order valence-corrected chi connectivity index (χ4v) is 3.95. The molecule has 1 aliphatic rings. The predicted octanol–water partition coefficient (Wildman–Crippen LogP) is 3.50. The molecule has 0 saturated heterocycles. The molecule has 7 heteroatoms. The van der Waals surface area contributed by atoms with Gasteiger partial charge in [-0.3, -0.25) is 14.5 Å². The number of hydrogen-bond acceptors (Lipinski definition) is 5. The summed E-state index contributed by atoms with van der Waals surface area (Å²) in [6.07, 6.45) is 13.0. The molecule has 0 amide bonds. The second kappa shape index (κ2) is 7.09. The number of fused-ring (bicyclic) bond motifs is 1. The summed E-state index contributed by atoms with van der Waals surface area (Å²) in [7, 11) is 0. The highest BCUT2D eigenvalue weighted by Crippen LogP contribution is 2.27. The minimum Gasteiger partial charge on any atom is -0.393 e. The first-order valence-corrected chi connectivity index (χ1v) is 9.63. The number of aliphatic hydroxyl groups is 1. The molecular weight excluding hydrogens is 352 g/mol. The fourth-order valence-electron chi connectivity index (χ4n) is 3.95. The van der Waals surface area contributed by atoms with Crippen LogP contribution in [0.4, 0.5) is 5.69 Å². The summed E-state index contributed by atoms with van der Waals surface area (Å²) >= 11 is 0. The normalized spacial score (nSPS) is 19.8. The van der Waals surface area contributed by atoms with Crippen molar-refractivity contribution in [1.29, 1.82) is 0 Å². The van der Waals surface area contributed by atoms with E-state index in [9.17, 15) is 5.11 Å². The van der Waals surface area contributed by atoms with Crippen LogP contribution in [0.15, 0.2) is 55.2 Å². The van der Waals surface area contributed by atoms with Crippen molar-refractivity contribution >= 4 is 11.3 Å². The van der Waals surface area contributed by atoms with Crippen molar-refractivity contribution in [2.45, 2.75) is 37.8 Å². The van der Waals surface area contributed by atoms with Gasteiger partial charge in [-0.1, -0.05) is 0 Å². The van der Waals surface area contributed by atoms with Crippen LogP contribution in [0, 0.1) is 0 Å². The summed E-state index contributed by atoms with van der Waals surface area (Å²) in [6.45, 7) is 0. The first kappa shape index (κ1) is 16.9. The van der Waals surface area contributed by atoms with Crippen molar-refractivity contribution in [3.05, 3.63) is 55.2 Å². The van der Waals surface area contributed by atoms with Crippen LogP contribution in [-0.4, -0.2) is 41.8 Å². The van der Waals surface area contributed by atoms with Crippen molar-refractivity contribution in [2.75, 3.05) is 5.32 Å². The summed E-state index contributed by atoms with van der Waals surface area (Å²) < 4.78 is 2.09. The van der Waals surface area contributed by atoms with Crippen molar-refractivity contribution in [2.24, 2.45) is 0 Å². The van der Waals surface area contributed by atoms with Gasteiger partial charge in [0, 0.05) is 35.8 Å². The second-order valence-electron chi connectivity index (χ2n) is 7.37. The molecule has 2 unspecified atom stereocenters. The Hall–Kier alpha value is -3.19. The zero-order valence-corrected chi connectivity index (χ0v) is 15.4. The molecule has 0 radical (unpaired) electrons. The Morgan fingerprint density at radius 2 is 2.07 bits per heavy atom. The lowest BCUT2D eigenvalue weighted by Gasteiger charge is -2.27. The minimum atomic E-state index is -0.197. The van der Waals surface area contributed by atoms with Crippen LogP contribution in [0.1, 0.15) is 25.7 Å². The van der Waals surface area contributed by atoms with E-state index in [0.717, 1.165) is 59.5 Å². The average Bonchev–Trinajstić information content (AvgIpc) is 3.38. The Morgan fingerprint density at radius 1 is 1.11 bits per heavy atom. The number of nitrogens with one attached hydrogen (secondary N) is 2. The highest BCUT2D eigenvalue weighted by molar-refractivity contribution is 5.70. The summed E-state index contributed by atoms with van der Waals surface area (Å²) in [6, 6.07) is 8.41. The van der Waals surface area contributed by atoms with E-state index in [0.29, 0.717) is 6.04 Å². The Balaban J connectivity index is 1.48. The van der Waals surface area contributed by atoms with Crippen LogP contribution in [0.25, 0.3) is 28.2 Å². The number of pyridine rings is 2. The molecule has 7 nitrogen and oxygen atoms in total. The second-order valence-corrected chi connectivity index (χ2v) is 7.37. The van der Waals surface area contributed by atoms with Gasteiger partial charge in [0.15, 0.2) is 0 Å². The van der Waals surface area contributed by atoms with Gasteiger partial charge in [-0.05, 0) is 49.9 Å². The molecule has 0 aromatic carbocycles. The largest absolute Gasteiger partial charge is 0.393 e. The van der Waals surface area contributed by atoms with E-state index in [1.54, 1.807) is 6.20 Å². The van der Waals surface area contributed by atoms with Crippen molar-refractivity contribution in [1.82, 2.24) is 24.6 Å². The predicted molar refractivity (Wildman–Crippen MR) is 108 cm³/mol. The third-order valence-corrected chi connectivity index (χ3v) is 5.37. The van der Waals surface area contributed by atoms with Gasteiger partial charge >= 0.3 is 0 Å². The molecule has 0 spiro atoms.